The first kappa shape index (κ1) is 16.3. The highest BCUT2D eigenvalue weighted by Gasteiger charge is 2.13. The highest BCUT2D eigenvalue weighted by molar-refractivity contribution is 6.30. The van der Waals surface area contributed by atoms with E-state index in [1.807, 2.05) is 25.1 Å². The Labute approximate surface area is 135 Å². The maximum Gasteiger partial charge on any atom is 0.341 e. The lowest BCUT2D eigenvalue weighted by molar-refractivity contribution is 0.0496. The van der Waals surface area contributed by atoms with Crippen molar-refractivity contribution >= 4 is 17.6 Å². The molecule has 0 N–H and O–H groups in total. The maximum atomic E-state index is 12.0. The number of carbonyl (C=O) groups is 1. The number of aryl methyl sites for hydroxylation is 2. The van der Waals surface area contributed by atoms with Gasteiger partial charge in [0.15, 0.2) is 0 Å². The van der Waals surface area contributed by atoms with Crippen LogP contribution in [0.1, 0.15) is 28.2 Å². The summed E-state index contributed by atoms with van der Waals surface area (Å²) in [4.78, 5) is 16.5. The number of ether oxygens (including phenoxy) is 2. The zero-order valence-corrected chi connectivity index (χ0v) is 13.4. The molecule has 4 nitrogen and oxygen atoms in total. The van der Waals surface area contributed by atoms with Crippen LogP contribution in [-0.2, 0) is 11.2 Å². The molecule has 116 valence electrons. The topological polar surface area (TPSA) is 48.4 Å². The minimum atomic E-state index is -0.411. The number of carbonyl (C=O) groups excluding carboxylic acids is 1. The second kappa shape index (κ2) is 7.80. The largest absolute Gasteiger partial charge is 0.496 e. The van der Waals surface area contributed by atoms with E-state index in [0.29, 0.717) is 22.9 Å². The predicted octanol–water partition coefficient (Wildman–Crippen LogP) is 3.84. The summed E-state index contributed by atoms with van der Waals surface area (Å²) < 4.78 is 10.4. The van der Waals surface area contributed by atoms with E-state index in [-0.39, 0.29) is 0 Å². The molecule has 22 heavy (non-hydrogen) atoms. The van der Waals surface area contributed by atoms with Crippen molar-refractivity contribution in [2.75, 3.05) is 13.7 Å². The van der Waals surface area contributed by atoms with E-state index in [2.05, 4.69) is 4.98 Å². The summed E-state index contributed by atoms with van der Waals surface area (Å²) in [6.07, 6.45) is 1.49. The van der Waals surface area contributed by atoms with Crippen LogP contribution in [-0.4, -0.2) is 24.7 Å². The molecule has 1 aromatic carbocycles. The molecule has 0 aliphatic carbocycles. The van der Waals surface area contributed by atoms with E-state index in [1.54, 1.807) is 18.2 Å². The SMILES string of the molecule is COc1cc(Cl)ccc1C(=O)OCCCc1cccc(C)n1. The number of methoxy groups -OCH3 is 1. The van der Waals surface area contributed by atoms with Crippen molar-refractivity contribution in [3.05, 3.63) is 58.4 Å². The van der Waals surface area contributed by atoms with Gasteiger partial charge in [-0.15, -0.1) is 0 Å². The van der Waals surface area contributed by atoms with Crippen molar-refractivity contribution < 1.29 is 14.3 Å². The molecule has 1 aromatic heterocycles. The molecule has 0 saturated carbocycles. The molecule has 0 bridgehead atoms. The highest BCUT2D eigenvalue weighted by Crippen LogP contribution is 2.23. The zero-order valence-electron chi connectivity index (χ0n) is 12.6. The first-order valence-corrected chi connectivity index (χ1v) is 7.41. The molecule has 2 rings (SSSR count). The zero-order chi connectivity index (χ0) is 15.9. The molecule has 5 heteroatoms. The molecule has 1 heterocycles. The molecule has 0 atom stereocenters. The first-order chi connectivity index (χ1) is 10.6. The van der Waals surface area contributed by atoms with Gasteiger partial charge in [-0.05, 0) is 50.1 Å². The number of esters is 1. The average molecular weight is 320 g/mol. The molecule has 0 spiro atoms. The minimum Gasteiger partial charge on any atom is -0.496 e. The third-order valence-corrected chi connectivity index (χ3v) is 3.37. The fraction of sp³-hybridized carbons (Fsp3) is 0.294. The quantitative estimate of drug-likeness (QED) is 0.599. The van der Waals surface area contributed by atoms with Gasteiger partial charge in [0, 0.05) is 16.4 Å². The fourth-order valence-electron chi connectivity index (χ4n) is 2.07. The van der Waals surface area contributed by atoms with Gasteiger partial charge in [0.2, 0.25) is 0 Å². The molecule has 2 aromatic rings. The van der Waals surface area contributed by atoms with Crippen LogP contribution in [0.15, 0.2) is 36.4 Å². The Balaban J connectivity index is 1.85. The molecule has 0 amide bonds. The third kappa shape index (κ3) is 4.46. The number of halogens is 1. The summed E-state index contributed by atoms with van der Waals surface area (Å²) in [7, 11) is 1.49. The Morgan fingerprint density at radius 1 is 1.27 bits per heavy atom. The standard InChI is InChI=1S/C17H18ClNO3/c1-12-5-3-6-14(19-12)7-4-10-22-17(20)15-9-8-13(18)11-16(15)21-2/h3,5-6,8-9,11H,4,7,10H2,1-2H3. The Morgan fingerprint density at radius 3 is 2.82 bits per heavy atom. The number of rotatable bonds is 6. The van der Waals surface area contributed by atoms with Gasteiger partial charge in [-0.1, -0.05) is 17.7 Å². The van der Waals surface area contributed by atoms with Crippen molar-refractivity contribution in [1.29, 1.82) is 0 Å². The lowest BCUT2D eigenvalue weighted by Gasteiger charge is -2.09. The Hall–Kier alpha value is -2.07. The molecule has 0 aliphatic heterocycles. The summed E-state index contributed by atoms with van der Waals surface area (Å²) in [5.74, 6) is 0.00330. The third-order valence-electron chi connectivity index (χ3n) is 3.14. The Kier molecular flexibility index (Phi) is 5.78. The molecule has 0 unspecified atom stereocenters. The molecule has 0 radical (unpaired) electrons. The molecule has 0 aliphatic rings. The molecule has 0 fully saturated rings. The van der Waals surface area contributed by atoms with Crippen LogP contribution in [0.25, 0.3) is 0 Å². The number of aromatic nitrogens is 1. The van der Waals surface area contributed by atoms with Crippen LogP contribution in [0.4, 0.5) is 0 Å². The lowest BCUT2D eigenvalue weighted by Crippen LogP contribution is -2.09. The van der Waals surface area contributed by atoms with E-state index in [0.717, 1.165) is 24.2 Å². The number of hydrogen-bond acceptors (Lipinski definition) is 4. The van der Waals surface area contributed by atoms with E-state index < -0.39 is 5.97 Å². The van der Waals surface area contributed by atoms with Gasteiger partial charge in [0.05, 0.1) is 13.7 Å². The summed E-state index contributed by atoms with van der Waals surface area (Å²) in [5, 5.41) is 0.513. The lowest BCUT2D eigenvalue weighted by atomic mass is 10.2. The van der Waals surface area contributed by atoms with Gasteiger partial charge in [-0.2, -0.15) is 0 Å². The van der Waals surface area contributed by atoms with E-state index >= 15 is 0 Å². The van der Waals surface area contributed by atoms with Gasteiger partial charge < -0.3 is 9.47 Å². The van der Waals surface area contributed by atoms with Gasteiger partial charge in [0.1, 0.15) is 11.3 Å². The number of pyridine rings is 1. The average Bonchev–Trinajstić information content (AvgIpc) is 2.51. The van der Waals surface area contributed by atoms with E-state index in [1.165, 1.54) is 7.11 Å². The van der Waals surface area contributed by atoms with Crippen LogP contribution >= 0.6 is 11.6 Å². The smallest absolute Gasteiger partial charge is 0.341 e. The van der Waals surface area contributed by atoms with Gasteiger partial charge in [-0.25, -0.2) is 4.79 Å². The van der Waals surface area contributed by atoms with Crippen molar-refractivity contribution in [1.82, 2.24) is 4.98 Å². The summed E-state index contributed by atoms with van der Waals surface area (Å²) >= 11 is 5.87. The van der Waals surface area contributed by atoms with Gasteiger partial charge >= 0.3 is 5.97 Å². The van der Waals surface area contributed by atoms with Crippen LogP contribution in [0.2, 0.25) is 5.02 Å². The monoisotopic (exact) mass is 319 g/mol. The number of hydrogen-bond donors (Lipinski definition) is 0. The van der Waals surface area contributed by atoms with Crippen LogP contribution in [0.5, 0.6) is 5.75 Å². The predicted molar refractivity (Wildman–Crippen MR) is 85.6 cm³/mol. The minimum absolute atomic E-state index is 0.334. The van der Waals surface area contributed by atoms with Crippen LogP contribution in [0.3, 0.4) is 0 Å². The highest BCUT2D eigenvalue weighted by atomic mass is 35.5. The molecular weight excluding hydrogens is 302 g/mol. The Morgan fingerprint density at radius 2 is 2.09 bits per heavy atom. The van der Waals surface area contributed by atoms with E-state index in [4.69, 9.17) is 21.1 Å². The summed E-state index contributed by atoms with van der Waals surface area (Å²) in [6.45, 7) is 2.29. The maximum absolute atomic E-state index is 12.0. The second-order valence-electron chi connectivity index (χ2n) is 4.85. The normalized spacial score (nSPS) is 10.3. The Bertz CT molecular complexity index is 658. The summed E-state index contributed by atoms with van der Waals surface area (Å²) in [5.41, 5.74) is 2.36. The second-order valence-corrected chi connectivity index (χ2v) is 5.29. The van der Waals surface area contributed by atoms with Crippen LogP contribution < -0.4 is 4.74 Å². The number of nitrogens with zero attached hydrogens (tertiary/aromatic N) is 1. The van der Waals surface area contributed by atoms with Crippen LogP contribution in [0, 0.1) is 6.92 Å². The fourth-order valence-corrected chi connectivity index (χ4v) is 2.23. The van der Waals surface area contributed by atoms with Crippen molar-refractivity contribution in [3.63, 3.8) is 0 Å². The summed E-state index contributed by atoms with van der Waals surface area (Å²) in [6, 6.07) is 10.7. The van der Waals surface area contributed by atoms with E-state index in [9.17, 15) is 4.79 Å². The van der Waals surface area contributed by atoms with Gasteiger partial charge in [0.25, 0.3) is 0 Å². The number of benzene rings is 1. The van der Waals surface area contributed by atoms with Gasteiger partial charge in [-0.3, -0.25) is 4.98 Å². The van der Waals surface area contributed by atoms with Crippen molar-refractivity contribution in [2.24, 2.45) is 0 Å². The first-order valence-electron chi connectivity index (χ1n) is 7.03. The van der Waals surface area contributed by atoms with Crippen molar-refractivity contribution in [2.45, 2.75) is 19.8 Å². The molecular formula is C17H18ClNO3. The molecule has 0 saturated heterocycles. The van der Waals surface area contributed by atoms with Crippen molar-refractivity contribution in [3.8, 4) is 5.75 Å².